The maximum Gasteiger partial charge on any atom is 0.0372 e. The first-order valence-corrected chi connectivity index (χ1v) is 5.41. The standard InChI is InChI=1S/C12H20N2/c1-4-12(5-2)14-9-11-7-6-10(3)13-8-11/h6-8,12,14H,4-5,9H2,1-3H3. The molecular formula is C12H20N2. The van der Waals surface area contributed by atoms with Gasteiger partial charge in [-0.15, -0.1) is 0 Å². The van der Waals surface area contributed by atoms with Gasteiger partial charge in [0, 0.05) is 24.5 Å². The topological polar surface area (TPSA) is 24.9 Å². The van der Waals surface area contributed by atoms with Gasteiger partial charge in [0.1, 0.15) is 0 Å². The molecule has 0 atom stereocenters. The average Bonchev–Trinajstić information content (AvgIpc) is 2.22. The molecule has 0 aliphatic rings. The lowest BCUT2D eigenvalue weighted by molar-refractivity contribution is 0.484. The van der Waals surface area contributed by atoms with Gasteiger partial charge in [0.2, 0.25) is 0 Å². The molecule has 0 saturated carbocycles. The SMILES string of the molecule is CCC(CC)NCc1ccc(C)nc1. The van der Waals surface area contributed by atoms with E-state index in [-0.39, 0.29) is 0 Å². The van der Waals surface area contributed by atoms with Gasteiger partial charge < -0.3 is 5.32 Å². The van der Waals surface area contributed by atoms with Crippen LogP contribution in [0.1, 0.15) is 37.9 Å². The fourth-order valence-corrected chi connectivity index (χ4v) is 1.44. The third kappa shape index (κ3) is 3.46. The number of rotatable bonds is 5. The summed E-state index contributed by atoms with van der Waals surface area (Å²) in [6.07, 6.45) is 4.33. The number of pyridine rings is 1. The fourth-order valence-electron chi connectivity index (χ4n) is 1.44. The molecule has 0 saturated heterocycles. The Bertz CT molecular complexity index is 250. The summed E-state index contributed by atoms with van der Waals surface area (Å²) < 4.78 is 0. The van der Waals surface area contributed by atoms with Crippen LogP contribution in [0.25, 0.3) is 0 Å². The van der Waals surface area contributed by atoms with Crippen LogP contribution in [-0.4, -0.2) is 11.0 Å². The fraction of sp³-hybridized carbons (Fsp3) is 0.583. The van der Waals surface area contributed by atoms with E-state index in [9.17, 15) is 0 Å². The van der Waals surface area contributed by atoms with Crippen molar-refractivity contribution in [2.75, 3.05) is 0 Å². The zero-order chi connectivity index (χ0) is 10.4. The molecule has 0 fully saturated rings. The lowest BCUT2D eigenvalue weighted by Gasteiger charge is -2.14. The van der Waals surface area contributed by atoms with Gasteiger partial charge in [-0.1, -0.05) is 19.9 Å². The summed E-state index contributed by atoms with van der Waals surface area (Å²) in [6, 6.07) is 4.83. The highest BCUT2D eigenvalue weighted by Gasteiger charge is 2.01. The Hall–Kier alpha value is -0.890. The predicted molar refractivity (Wildman–Crippen MR) is 60.2 cm³/mol. The van der Waals surface area contributed by atoms with Crippen LogP contribution < -0.4 is 5.32 Å². The highest BCUT2D eigenvalue weighted by atomic mass is 14.9. The van der Waals surface area contributed by atoms with Crippen molar-refractivity contribution >= 4 is 0 Å². The van der Waals surface area contributed by atoms with E-state index >= 15 is 0 Å². The van der Waals surface area contributed by atoms with Crippen molar-refractivity contribution in [3.8, 4) is 0 Å². The molecule has 0 aromatic carbocycles. The molecule has 1 rings (SSSR count). The van der Waals surface area contributed by atoms with Crippen molar-refractivity contribution in [2.24, 2.45) is 0 Å². The highest BCUT2D eigenvalue weighted by molar-refractivity contribution is 5.12. The minimum absolute atomic E-state index is 0.635. The molecule has 0 aliphatic heterocycles. The maximum atomic E-state index is 4.27. The van der Waals surface area contributed by atoms with E-state index in [2.05, 4.69) is 36.3 Å². The second kappa shape index (κ2) is 5.76. The summed E-state index contributed by atoms with van der Waals surface area (Å²) in [5, 5.41) is 3.51. The van der Waals surface area contributed by atoms with Crippen LogP contribution in [0.15, 0.2) is 18.3 Å². The molecule has 0 amide bonds. The van der Waals surface area contributed by atoms with Gasteiger partial charge in [0.15, 0.2) is 0 Å². The van der Waals surface area contributed by atoms with Crippen LogP contribution in [0.3, 0.4) is 0 Å². The van der Waals surface area contributed by atoms with Crippen molar-refractivity contribution in [1.29, 1.82) is 0 Å². The molecule has 0 unspecified atom stereocenters. The number of nitrogens with zero attached hydrogens (tertiary/aromatic N) is 1. The maximum absolute atomic E-state index is 4.27. The summed E-state index contributed by atoms with van der Waals surface area (Å²) >= 11 is 0. The summed E-state index contributed by atoms with van der Waals surface area (Å²) in [4.78, 5) is 4.27. The lowest BCUT2D eigenvalue weighted by atomic mass is 10.1. The van der Waals surface area contributed by atoms with E-state index in [0.29, 0.717) is 6.04 Å². The molecule has 0 bridgehead atoms. The molecule has 2 nitrogen and oxygen atoms in total. The van der Waals surface area contributed by atoms with Crippen molar-refractivity contribution in [2.45, 2.75) is 46.2 Å². The normalized spacial score (nSPS) is 10.9. The van der Waals surface area contributed by atoms with Crippen molar-refractivity contribution in [3.63, 3.8) is 0 Å². The van der Waals surface area contributed by atoms with Crippen LogP contribution in [0, 0.1) is 6.92 Å². The van der Waals surface area contributed by atoms with E-state index in [1.807, 2.05) is 13.1 Å². The zero-order valence-corrected chi connectivity index (χ0v) is 9.38. The van der Waals surface area contributed by atoms with E-state index in [4.69, 9.17) is 0 Å². The average molecular weight is 192 g/mol. The van der Waals surface area contributed by atoms with Crippen LogP contribution >= 0.6 is 0 Å². The predicted octanol–water partition coefficient (Wildman–Crippen LogP) is 2.67. The van der Waals surface area contributed by atoms with Crippen LogP contribution in [0.2, 0.25) is 0 Å². The molecule has 14 heavy (non-hydrogen) atoms. The first kappa shape index (κ1) is 11.2. The number of hydrogen-bond acceptors (Lipinski definition) is 2. The molecule has 1 aromatic rings. The van der Waals surface area contributed by atoms with Gasteiger partial charge in [-0.3, -0.25) is 4.98 Å². The molecule has 0 radical (unpaired) electrons. The van der Waals surface area contributed by atoms with Gasteiger partial charge in [-0.25, -0.2) is 0 Å². The molecule has 2 heteroatoms. The Morgan fingerprint density at radius 2 is 2.00 bits per heavy atom. The summed E-state index contributed by atoms with van der Waals surface area (Å²) in [5.41, 5.74) is 2.35. The first-order chi connectivity index (χ1) is 6.76. The Kier molecular flexibility index (Phi) is 4.60. The van der Waals surface area contributed by atoms with Crippen molar-refractivity contribution in [1.82, 2.24) is 10.3 Å². The summed E-state index contributed by atoms with van der Waals surface area (Å²) in [5.74, 6) is 0. The zero-order valence-electron chi connectivity index (χ0n) is 9.38. The molecule has 1 heterocycles. The summed E-state index contributed by atoms with van der Waals surface area (Å²) in [6.45, 7) is 7.38. The second-order valence-electron chi connectivity index (χ2n) is 3.70. The minimum Gasteiger partial charge on any atom is -0.310 e. The molecular weight excluding hydrogens is 172 g/mol. The third-order valence-electron chi connectivity index (χ3n) is 2.55. The van der Waals surface area contributed by atoms with Crippen LogP contribution in [0.5, 0.6) is 0 Å². The lowest BCUT2D eigenvalue weighted by Crippen LogP contribution is -2.26. The Morgan fingerprint density at radius 3 is 2.50 bits per heavy atom. The van der Waals surface area contributed by atoms with Gasteiger partial charge in [0.05, 0.1) is 0 Å². The van der Waals surface area contributed by atoms with Crippen molar-refractivity contribution in [3.05, 3.63) is 29.6 Å². The van der Waals surface area contributed by atoms with Gasteiger partial charge in [0.25, 0.3) is 0 Å². The highest BCUT2D eigenvalue weighted by Crippen LogP contribution is 2.02. The van der Waals surface area contributed by atoms with E-state index in [0.717, 1.165) is 12.2 Å². The smallest absolute Gasteiger partial charge is 0.0372 e. The van der Waals surface area contributed by atoms with Gasteiger partial charge >= 0.3 is 0 Å². The minimum atomic E-state index is 0.635. The number of aryl methyl sites for hydroxylation is 1. The first-order valence-electron chi connectivity index (χ1n) is 5.41. The molecule has 78 valence electrons. The molecule has 0 aliphatic carbocycles. The summed E-state index contributed by atoms with van der Waals surface area (Å²) in [7, 11) is 0. The monoisotopic (exact) mass is 192 g/mol. The van der Waals surface area contributed by atoms with Gasteiger partial charge in [-0.2, -0.15) is 0 Å². The Morgan fingerprint density at radius 1 is 1.29 bits per heavy atom. The molecule has 1 aromatic heterocycles. The Labute approximate surface area is 86.8 Å². The van der Waals surface area contributed by atoms with E-state index in [1.165, 1.54) is 18.4 Å². The largest absolute Gasteiger partial charge is 0.310 e. The van der Waals surface area contributed by atoms with Crippen molar-refractivity contribution < 1.29 is 0 Å². The third-order valence-corrected chi connectivity index (χ3v) is 2.55. The van der Waals surface area contributed by atoms with Crippen LogP contribution in [-0.2, 0) is 6.54 Å². The van der Waals surface area contributed by atoms with E-state index < -0.39 is 0 Å². The quantitative estimate of drug-likeness (QED) is 0.775. The Balaban J connectivity index is 2.41. The van der Waals surface area contributed by atoms with E-state index in [1.54, 1.807) is 0 Å². The number of nitrogens with one attached hydrogen (secondary N) is 1. The molecule has 0 spiro atoms. The second-order valence-corrected chi connectivity index (χ2v) is 3.70. The number of aromatic nitrogens is 1. The molecule has 1 N–H and O–H groups in total. The van der Waals surface area contributed by atoms with Gasteiger partial charge in [-0.05, 0) is 31.4 Å². The van der Waals surface area contributed by atoms with Crippen LogP contribution in [0.4, 0.5) is 0 Å². The number of hydrogen-bond donors (Lipinski definition) is 1.